The molecule has 1 N–H and O–H groups in total. The predicted octanol–water partition coefficient (Wildman–Crippen LogP) is 3.10. The van der Waals surface area contributed by atoms with Crippen molar-refractivity contribution in [1.29, 1.82) is 5.26 Å². The summed E-state index contributed by atoms with van der Waals surface area (Å²) in [5, 5.41) is 9.96. The molecule has 1 aromatic carbocycles. The lowest BCUT2D eigenvalue weighted by Gasteiger charge is -2.43. The number of aromatic amines is 1. The number of aryl methyl sites for hydroxylation is 1. The van der Waals surface area contributed by atoms with Crippen LogP contribution in [0.25, 0.3) is 11.0 Å². The van der Waals surface area contributed by atoms with Crippen LogP contribution in [0, 0.1) is 11.3 Å². The van der Waals surface area contributed by atoms with Crippen molar-refractivity contribution < 1.29 is 8.42 Å². The molecule has 2 fully saturated rings. The molecule has 2 aromatic heterocycles. The van der Waals surface area contributed by atoms with Gasteiger partial charge in [-0.3, -0.25) is 0 Å². The largest absolute Gasteiger partial charge is 0.353 e. The summed E-state index contributed by atoms with van der Waals surface area (Å²) in [4.78, 5) is 14.1. The van der Waals surface area contributed by atoms with Crippen LogP contribution in [-0.4, -0.2) is 70.2 Å². The van der Waals surface area contributed by atoms with Gasteiger partial charge in [0.05, 0.1) is 17.0 Å². The van der Waals surface area contributed by atoms with Crippen molar-refractivity contribution in [2.24, 2.45) is 0 Å². The van der Waals surface area contributed by atoms with Crippen molar-refractivity contribution in [3.8, 4) is 6.07 Å². The van der Waals surface area contributed by atoms with Crippen LogP contribution in [0.15, 0.2) is 48.9 Å². The number of hydrogen-bond donors (Lipinski definition) is 1. The van der Waals surface area contributed by atoms with E-state index in [1.54, 1.807) is 14.9 Å². The quantitative estimate of drug-likeness (QED) is 0.435. The molecule has 1 saturated heterocycles. The number of rotatable bonds is 10. The van der Waals surface area contributed by atoms with Gasteiger partial charge in [0.25, 0.3) is 10.2 Å². The second-order valence-electron chi connectivity index (χ2n) is 9.41. The molecule has 10 heteroatoms. The van der Waals surface area contributed by atoms with E-state index in [2.05, 4.69) is 38.1 Å². The SMILES string of the molecule is N#CCCCN(CCCc1ccccc1)S(=O)(=O)N1CCN(c2ncnc3[nH]ccc23)CC12CC2. The number of anilines is 1. The minimum Gasteiger partial charge on any atom is -0.353 e. The molecule has 2 aliphatic rings. The first kappa shape index (κ1) is 23.7. The monoisotopic (exact) mass is 493 g/mol. The summed E-state index contributed by atoms with van der Waals surface area (Å²) >= 11 is 0. The zero-order chi connectivity index (χ0) is 24.3. The molecule has 1 spiro atoms. The number of H-pyrrole nitrogens is 1. The second kappa shape index (κ2) is 9.93. The first-order chi connectivity index (χ1) is 17.0. The highest BCUT2D eigenvalue weighted by Gasteiger charge is 2.57. The molecule has 0 atom stereocenters. The van der Waals surface area contributed by atoms with Crippen molar-refractivity contribution in [3.05, 3.63) is 54.5 Å². The van der Waals surface area contributed by atoms with Gasteiger partial charge in [-0.15, -0.1) is 0 Å². The van der Waals surface area contributed by atoms with E-state index in [9.17, 15) is 8.42 Å². The predicted molar refractivity (Wildman–Crippen MR) is 135 cm³/mol. The van der Waals surface area contributed by atoms with Gasteiger partial charge in [0.1, 0.15) is 17.8 Å². The lowest BCUT2D eigenvalue weighted by molar-refractivity contribution is 0.243. The molecule has 1 saturated carbocycles. The number of aromatic nitrogens is 3. The number of fused-ring (bicyclic) bond motifs is 1. The van der Waals surface area contributed by atoms with Crippen LogP contribution in [-0.2, 0) is 16.6 Å². The fourth-order valence-corrected chi connectivity index (χ4v) is 7.13. The van der Waals surface area contributed by atoms with Crippen molar-refractivity contribution >= 4 is 27.1 Å². The molecule has 3 aromatic rings. The van der Waals surface area contributed by atoms with Gasteiger partial charge >= 0.3 is 0 Å². The summed E-state index contributed by atoms with van der Waals surface area (Å²) in [5.41, 5.74) is 1.60. The van der Waals surface area contributed by atoms with E-state index in [0.29, 0.717) is 45.6 Å². The molecule has 0 unspecified atom stereocenters. The Labute approximate surface area is 206 Å². The maximum absolute atomic E-state index is 13.9. The zero-order valence-corrected chi connectivity index (χ0v) is 20.6. The van der Waals surface area contributed by atoms with Gasteiger partial charge in [-0.2, -0.15) is 22.3 Å². The summed E-state index contributed by atoms with van der Waals surface area (Å²) in [5.74, 6) is 0.855. The zero-order valence-electron chi connectivity index (χ0n) is 19.8. The number of nitrogens with zero attached hydrogens (tertiary/aromatic N) is 6. The third kappa shape index (κ3) is 4.89. The van der Waals surface area contributed by atoms with Gasteiger partial charge < -0.3 is 9.88 Å². The average Bonchev–Trinajstić information content (AvgIpc) is 3.44. The Bertz CT molecular complexity index is 1300. The Balaban J connectivity index is 1.31. The summed E-state index contributed by atoms with van der Waals surface area (Å²) in [6, 6.07) is 14.3. The second-order valence-corrected chi connectivity index (χ2v) is 11.3. The van der Waals surface area contributed by atoms with Crippen molar-refractivity contribution in [3.63, 3.8) is 0 Å². The lowest BCUT2D eigenvalue weighted by atomic mass is 10.1. The van der Waals surface area contributed by atoms with Crippen LogP contribution in [0.4, 0.5) is 5.82 Å². The van der Waals surface area contributed by atoms with Gasteiger partial charge in [0.15, 0.2) is 0 Å². The molecule has 0 bridgehead atoms. The minimum atomic E-state index is -3.65. The maximum Gasteiger partial charge on any atom is 0.282 e. The van der Waals surface area contributed by atoms with E-state index >= 15 is 0 Å². The highest BCUT2D eigenvalue weighted by Crippen LogP contribution is 2.47. The van der Waals surface area contributed by atoms with E-state index in [1.807, 2.05) is 30.5 Å². The van der Waals surface area contributed by atoms with Crippen molar-refractivity contribution in [2.75, 3.05) is 37.6 Å². The number of piperazine rings is 1. The molecular weight excluding hydrogens is 462 g/mol. The average molecular weight is 494 g/mol. The third-order valence-electron chi connectivity index (χ3n) is 7.06. The molecule has 0 amide bonds. The Morgan fingerprint density at radius 1 is 1.09 bits per heavy atom. The number of nitrogens with one attached hydrogen (secondary N) is 1. The Kier molecular flexibility index (Phi) is 6.73. The fourth-order valence-electron chi connectivity index (χ4n) is 5.09. The smallest absolute Gasteiger partial charge is 0.282 e. The molecule has 0 radical (unpaired) electrons. The van der Waals surface area contributed by atoms with Crippen LogP contribution in [0.5, 0.6) is 0 Å². The van der Waals surface area contributed by atoms with E-state index in [1.165, 1.54) is 5.56 Å². The van der Waals surface area contributed by atoms with Crippen molar-refractivity contribution in [2.45, 2.75) is 44.1 Å². The van der Waals surface area contributed by atoms with Crippen molar-refractivity contribution in [1.82, 2.24) is 23.6 Å². The number of unbranched alkanes of at least 4 members (excludes halogenated alkanes) is 1. The fraction of sp³-hybridized carbons (Fsp3) is 0.480. The van der Waals surface area contributed by atoms with Gasteiger partial charge in [0, 0.05) is 45.3 Å². The lowest BCUT2D eigenvalue weighted by Crippen LogP contribution is -2.60. The molecule has 9 nitrogen and oxygen atoms in total. The van der Waals surface area contributed by atoms with Crippen LogP contribution in [0.1, 0.15) is 37.7 Å². The van der Waals surface area contributed by atoms with E-state index in [0.717, 1.165) is 42.5 Å². The first-order valence-corrected chi connectivity index (χ1v) is 13.7. The van der Waals surface area contributed by atoms with Gasteiger partial charge in [-0.25, -0.2) is 9.97 Å². The third-order valence-corrected chi connectivity index (χ3v) is 9.21. The molecule has 184 valence electrons. The first-order valence-electron chi connectivity index (χ1n) is 12.3. The molecular formula is C25H31N7O2S. The Morgan fingerprint density at radius 2 is 1.89 bits per heavy atom. The normalized spacial score (nSPS) is 17.8. The summed E-state index contributed by atoms with van der Waals surface area (Å²) in [6.45, 7) is 2.45. The molecule has 1 aliphatic carbocycles. The Morgan fingerprint density at radius 3 is 2.66 bits per heavy atom. The van der Waals surface area contributed by atoms with Crippen LogP contribution >= 0.6 is 0 Å². The molecule has 35 heavy (non-hydrogen) atoms. The van der Waals surface area contributed by atoms with Crippen LogP contribution in [0.2, 0.25) is 0 Å². The van der Waals surface area contributed by atoms with Gasteiger partial charge in [-0.05, 0) is 43.7 Å². The topological polar surface area (TPSA) is 109 Å². The van der Waals surface area contributed by atoms with E-state index < -0.39 is 15.7 Å². The number of hydrogen-bond acceptors (Lipinski definition) is 6. The highest BCUT2D eigenvalue weighted by molar-refractivity contribution is 7.86. The summed E-state index contributed by atoms with van der Waals surface area (Å²) in [7, 11) is -3.65. The van der Waals surface area contributed by atoms with Gasteiger partial charge in [0.2, 0.25) is 0 Å². The Hall–Kier alpha value is -3.00. The number of nitriles is 1. The van der Waals surface area contributed by atoms with E-state index in [4.69, 9.17) is 5.26 Å². The van der Waals surface area contributed by atoms with Gasteiger partial charge in [-0.1, -0.05) is 30.3 Å². The summed E-state index contributed by atoms with van der Waals surface area (Å²) < 4.78 is 31.2. The molecule has 5 rings (SSSR count). The standard InChI is InChI=1S/C25H31N7O2S/c26-13-4-5-15-31(16-6-9-21-7-2-1-3-8-21)35(33,34)32-18-17-30(19-25(32)11-12-25)24-22-10-14-27-23(22)28-20-29-24/h1-3,7-8,10,14,20H,4-6,9,11-12,15-19H2,(H,27,28,29). The minimum absolute atomic E-state index is 0.351. The van der Waals surface area contributed by atoms with Crippen LogP contribution in [0.3, 0.4) is 0 Å². The van der Waals surface area contributed by atoms with Crippen LogP contribution < -0.4 is 4.90 Å². The highest BCUT2D eigenvalue weighted by atomic mass is 32.2. The van der Waals surface area contributed by atoms with E-state index in [-0.39, 0.29) is 0 Å². The summed E-state index contributed by atoms with van der Waals surface area (Å²) in [6.07, 6.45) is 7.57. The molecule has 1 aliphatic heterocycles. The number of benzene rings is 1. The maximum atomic E-state index is 13.9. The molecule has 3 heterocycles.